The lowest BCUT2D eigenvalue weighted by molar-refractivity contribution is 0.171. The van der Waals surface area contributed by atoms with Crippen molar-refractivity contribution in [1.82, 2.24) is 9.88 Å². The third-order valence-corrected chi connectivity index (χ3v) is 6.61. The van der Waals surface area contributed by atoms with Gasteiger partial charge in [-0.25, -0.2) is 9.78 Å². The number of carbonyl (C=O) groups excluding carboxylic acids is 1. The fourth-order valence-corrected chi connectivity index (χ4v) is 4.53. The first kappa shape index (κ1) is 23.9. The Hall–Kier alpha value is -3.85. The van der Waals surface area contributed by atoms with Crippen molar-refractivity contribution >= 4 is 44.5 Å². The van der Waals surface area contributed by atoms with Gasteiger partial charge in [0.1, 0.15) is 11.4 Å². The molecule has 1 aliphatic heterocycles. The molecule has 1 aliphatic rings. The zero-order valence-corrected chi connectivity index (χ0v) is 21.6. The van der Waals surface area contributed by atoms with Crippen molar-refractivity contribution in [1.29, 1.82) is 0 Å². The molecule has 36 heavy (non-hydrogen) atoms. The number of hydrogen-bond acceptors (Lipinski definition) is 7. The first-order valence-corrected chi connectivity index (χ1v) is 12.4. The van der Waals surface area contributed by atoms with Crippen LogP contribution in [0.25, 0.3) is 22.3 Å². The molecule has 0 saturated carbocycles. The molecule has 2 aromatic heterocycles. The van der Waals surface area contributed by atoms with Gasteiger partial charge in [-0.1, -0.05) is 22.0 Å². The summed E-state index contributed by atoms with van der Waals surface area (Å²) < 4.78 is 12.3. The van der Waals surface area contributed by atoms with Crippen LogP contribution >= 0.6 is 15.9 Å². The number of anilines is 2. The van der Waals surface area contributed by atoms with Gasteiger partial charge >= 0.3 is 6.09 Å². The molecule has 2 aromatic carbocycles. The van der Waals surface area contributed by atoms with Gasteiger partial charge in [0, 0.05) is 62.2 Å². The van der Waals surface area contributed by atoms with E-state index >= 15 is 0 Å². The van der Waals surface area contributed by atoms with Gasteiger partial charge in [-0.15, -0.1) is 0 Å². The van der Waals surface area contributed by atoms with E-state index in [1.54, 1.807) is 32.3 Å². The fraction of sp³-hybridized carbons (Fsp3) is 0.222. The number of piperazine rings is 1. The molecular formula is C27H25BrN4O4. The molecule has 3 heterocycles. The van der Waals surface area contributed by atoms with Crippen LogP contribution in [-0.4, -0.2) is 56.3 Å². The molecule has 0 aliphatic carbocycles. The van der Waals surface area contributed by atoms with Crippen molar-refractivity contribution in [2.24, 2.45) is 0 Å². The molecular weight excluding hydrogens is 524 g/mol. The van der Waals surface area contributed by atoms with E-state index in [4.69, 9.17) is 9.15 Å². The van der Waals surface area contributed by atoms with Gasteiger partial charge in [-0.2, -0.15) is 0 Å². The Morgan fingerprint density at radius 2 is 1.72 bits per heavy atom. The molecule has 1 fully saturated rings. The Bertz CT molecular complexity index is 1450. The number of ether oxygens (including phenoxy) is 1. The molecule has 0 N–H and O–H groups in total. The quantitative estimate of drug-likeness (QED) is 0.355. The van der Waals surface area contributed by atoms with Gasteiger partial charge in [-0.3, -0.25) is 4.79 Å². The molecule has 0 unspecified atom stereocenters. The van der Waals surface area contributed by atoms with Gasteiger partial charge in [-0.05, 0) is 54.6 Å². The summed E-state index contributed by atoms with van der Waals surface area (Å²) in [5, 5.41) is 0.331. The molecule has 0 spiro atoms. The number of fused-ring (bicyclic) bond motifs is 1. The Morgan fingerprint density at radius 1 is 1.00 bits per heavy atom. The summed E-state index contributed by atoms with van der Waals surface area (Å²) in [6.07, 6.45) is 1.16. The molecule has 1 amide bonds. The number of benzene rings is 2. The summed E-state index contributed by atoms with van der Waals surface area (Å²) in [6, 6.07) is 18.9. The molecule has 8 nitrogen and oxygen atoms in total. The number of hydrogen-bond donors (Lipinski definition) is 0. The average molecular weight is 549 g/mol. The van der Waals surface area contributed by atoms with Crippen LogP contribution in [0, 0.1) is 0 Å². The minimum Gasteiger partial charge on any atom is -0.452 e. The van der Waals surface area contributed by atoms with Crippen molar-refractivity contribution in [2.75, 3.05) is 50.1 Å². The van der Waals surface area contributed by atoms with Crippen molar-refractivity contribution in [2.45, 2.75) is 0 Å². The maximum atomic E-state index is 13.3. The summed E-state index contributed by atoms with van der Waals surface area (Å²) >= 11 is 3.38. The summed E-state index contributed by atoms with van der Waals surface area (Å²) in [5.41, 5.74) is 1.72. The molecule has 4 aromatic rings. The van der Waals surface area contributed by atoms with Crippen LogP contribution in [-0.2, 0) is 0 Å². The van der Waals surface area contributed by atoms with Crippen LogP contribution in [0.3, 0.4) is 0 Å². The highest BCUT2D eigenvalue weighted by molar-refractivity contribution is 9.10. The van der Waals surface area contributed by atoms with Crippen molar-refractivity contribution < 1.29 is 13.9 Å². The lowest BCUT2D eigenvalue weighted by atomic mass is 10.1. The highest BCUT2D eigenvalue weighted by atomic mass is 79.9. The van der Waals surface area contributed by atoms with E-state index in [0.717, 1.165) is 42.2 Å². The van der Waals surface area contributed by atoms with Crippen LogP contribution in [0.1, 0.15) is 0 Å². The number of rotatable bonds is 4. The average Bonchev–Trinajstić information content (AvgIpc) is 2.91. The second-order valence-corrected chi connectivity index (χ2v) is 9.62. The Morgan fingerprint density at radius 3 is 2.39 bits per heavy atom. The van der Waals surface area contributed by atoms with E-state index in [-0.39, 0.29) is 11.5 Å². The van der Waals surface area contributed by atoms with Gasteiger partial charge < -0.3 is 23.9 Å². The third-order valence-electron chi connectivity index (χ3n) is 6.11. The highest BCUT2D eigenvalue weighted by Crippen LogP contribution is 2.33. The minimum atomic E-state index is -0.653. The molecule has 0 bridgehead atoms. The van der Waals surface area contributed by atoms with Crippen LogP contribution in [0.4, 0.5) is 16.3 Å². The van der Waals surface area contributed by atoms with E-state index in [1.165, 1.54) is 4.90 Å². The molecule has 5 rings (SSSR count). The molecule has 184 valence electrons. The van der Waals surface area contributed by atoms with Crippen molar-refractivity contribution in [3.05, 3.63) is 81.6 Å². The maximum Gasteiger partial charge on any atom is 0.414 e. The predicted octanol–water partition coefficient (Wildman–Crippen LogP) is 5.00. The molecule has 0 radical (unpaired) electrons. The minimum absolute atomic E-state index is 0.129. The van der Waals surface area contributed by atoms with Gasteiger partial charge in [0.05, 0.1) is 5.39 Å². The number of nitrogens with zero attached hydrogens (tertiary/aromatic N) is 4. The van der Waals surface area contributed by atoms with E-state index in [9.17, 15) is 9.59 Å². The highest BCUT2D eigenvalue weighted by Gasteiger charge is 2.23. The zero-order valence-electron chi connectivity index (χ0n) is 20.0. The normalized spacial score (nSPS) is 13.6. The fourth-order valence-electron chi connectivity index (χ4n) is 4.17. The smallest absolute Gasteiger partial charge is 0.414 e. The van der Waals surface area contributed by atoms with Crippen molar-refractivity contribution in [3.63, 3.8) is 0 Å². The van der Waals surface area contributed by atoms with Gasteiger partial charge in [0.25, 0.3) is 0 Å². The van der Waals surface area contributed by atoms with Crippen molar-refractivity contribution in [3.8, 4) is 17.1 Å². The molecule has 0 atom stereocenters. The Balaban J connectivity index is 1.43. The maximum absolute atomic E-state index is 13.3. The summed E-state index contributed by atoms with van der Waals surface area (Å²) in [6.45, 7) is 3.47. The van der Waals surface area contributed by atoms with E-state index < -0.39 is 11.5 Å². The molecule has 9 heteroatoms. The molecule has 1 saturated heterocycles. The Labute approximate surface area is 216 Å². The van der Waals surface area contributed by atoms with E-state index in [1.807, 2.05) is 48.7 Å². The lowest BCUT2D eigenvalue weighted by Gasteiger charge is -2.36. The van der Waals surface area contributed by atoms with Crippen LogP contribution in [0.15, 0.2) is 80.5 Å². The largest absolute Gasteiger partial charge is 0.452 e. The predicted molar refractivity (Wildman–Crippen MR) is 144 cm³/mol. The number of aromatic nitrogens is 1. The third kappa shape index (κ3) is 4.79. The van der Waals surface area contributed by atoms with Gasteiger partial charge in [0.15, 0.2) is 5.76 Å². The number of halogens is 1. The second-order valence-electron chi connectivity index (χ2n) is 8.70. The second kappa shape index (κ2) is 10.0. The van der Waals surface area contributed by atoms with E-state index in [0.29, 0.717) is 16.5 Å². The topological polar surface area (TPSA) is 79.1 Å². The SMILES string of the molecule is CN(C)C(=O)Oc1c(-c2ccc(N3CCN(c4ccccn4)CC3)cc2)oc2ccc(Br)cc2c1=O. The van der Waals surface area contributed by atoms with Crippen LogP contribution in [0.2, 0.25) is 0 Å². The first-order chi connectivity index (χ1) is 17.4. The standard InChI is InChI=1S/C27H25BrN4O4/c1-30(2)27(34)36-26-24(33)21-17-19(28)8-11-22(21)35-25(26)18-6-9-20(10-7-18)31-13-15-32(16-14-31)23-5-3-4-12-29-23/h3-12,17H,13-16H2,1-2H3. The number of pyridine rings is 1. The van der Waals surface area contributed by atoms with E-state index in [2.05, 4.69) is 30.7 Å². The summed E-state index contributed by atoms with van der Waals surface area (Å²) in [7, 11) is 3.12. The number of amides is 1. The zero-order chi connectivity index (χ0) is 25.2. The monoisotopic (exact) mass is 548 g/mol. The number of carbonyl (C=O) groups is 1. The lowest BCUT2D eigenvalue weighted by Crippen LogP contribution is -2.46. The van der Waals surface area contributed by atoms with Gasteiger partial charge in [0.2, 0.25) is 11.2 Å². The van der Waals surface area contributed by atoms with Crippen LogP contribution < -0.4 is 20.0 Å². The summed E-state index contributed by atoms with van der Waals surface area (Å²) in [5.74, 6) is 1.08. The first-order valence-electron chi connectivity index (χ1n) is 11.6. The summed E-state index contributed by atoms with van der Waals surface area (Å²) in [4.78, 5) is 35.9. The Kier molecular flexibility index (Phi) is 6.65. The van der Waals surface area contributed by atoms with Crippen LogP contribution in [0.5, 0.6) is 5.75 Å².